The third-order valence-electron chi connectivity index (χ3n) is 8.42. The van der Waals surface area contributed by atoms with Crippen LogP contribution in [0.3, 0.4) is 0 Å². The first-order chi connectivity index (χ1) is 22.2. The molecule has 2 heterocycles. The van der Waals surface area contributed by atoms with Gasteiger partial charge in [-0.05, 0) is 12.1 Å². The number of aromatic hydroxyl groups is 1. The van der Waals surface area contributed by atoms with Gasteiger partial charge in [-0.2, -0.15) is 0 Å². The Morgan fingerprint density at radius 2 is 1.50 bits per heavy atom. The molecule has 46 heavy (non-hydrogen) atoms. The minimum absolute atomic E-state index is 0.912. The van der Waals surface area contributed by atoms with Crippen molar-refractivity contribution >= 4 is 91.1 Å². The van der Waals surface area contributed by atoms with E-state index >= 15 is 0 Å². The number of furan rings is 1. The van der Waals surface area contributed by atoms with Crippen LogP contribution < -0.4 is 9.80 Å². The van der Waals surface area contributed by atoms with E-state index in [0.29, 0.717) is 0 Å². The van der Waals surface area contributed by atoms with Crippen LogP contribution in [0.4, 0.5) is 11.4 Å². The number of nitrogens with zero attached hydrogens (tertiary/aromatic N) is 2. The van der Waals surface area contributed by atoms with Crippen LogP contribution in [0.5, 0.6) is 5.75 Å². The molecule has 0 saturated heterocycles. The Morgan fingerprint density at radius 3 is 2.22 bits per heavy atom. The summed E-state index contributed by atoms with van der Waals surface area (Å²) in [5, 5.41) is 1.14. The Balaban J connectivity index is 0.00000204. The fraction of sp³-hybridized carbons (Fsp3) is 0.250. The molecule has 0 amide bonds. The van der Waals surface area contributed by atoms with Crippen molar-refractivity contribution in [3.05, 3.63) is 127 Å². The first-order valence-electron chi connectivity index (χ1n) is 15.7. The van der Waals surface area contributed by atoms with Crippen LogP contribution in [0.2, 0.25) is 4.48 Å². The van der Waals surface area contributed by atoms with Crippen molar-refractivity contribution in [2.24, 2.45) is 0 Å². The van der Waals surface area contributed by atoms with Gasteiger partial charge in [0, 0.05) is 25.8 Å². The van der Waals surface area contributed by atoms with Crippen LogP contribution in [-0.4, -0.2) is 84.5 Å². The maximum absolute atomic E-state index is 5.98. The molecule has 0 spiro atoms. The predicted octanol–water partition coefficient (Wildman–Crippen LogP) is 9.31. The number of benzene rings is 3. The van der Waals surface area contributed by atoms with Gasteiger partial charge in [0.1, 0.15) is 5.58 Å². The monoisotopic (exact) mass is 999 g/mol. The normalized spacial score (nSPS) is 16.3. The molecule has 0 unspecified atom stereocenters. The van der Waals surface area contributed by atoms with Crippen LogP contribution >= 0.6 is 0 Å². The third-order valence-corrected chi connectivity index (χ3v) is 9.42. The fourth-order valence-electron chi connectivity index (χ4n) is 6.23. The molecule has 232 valence electrons. The predicted molar refractivity (Wildman–Crippen MR) is 200 cm³/mol. The summed E-state index contributed by atoms with van der Waals surface area (Å²) in [6.45, 7) is 4.39. The van der Waals surface area contributed by atoms with Crippen LogP contribution in [0.15, 0.2) is 104 Å². The zero-order valence-electron chi connectivity index (χ0n) is 28.0. The molecule has 0 fully saturated rings. The van der Waals surface area contributed by atoms with E-state index in [1.165, 1.54) is 79.3 Å². The van der Waals surface area contributed by atoms with Gasteiger partial charge in [0.25, 0.3) is 0 Å². The Bertz CT molecular complexity index is 1880. The summed E-state index contributed by atoms with van der Waals surface area (Å²) in [6.07, 6.45) is 16.6. The molecule has 1 N–H and O–H groups in total. The Kier molecular flexibility index (Phi) is 11.5. The van der Waals surface area contributed by atoms with Crippen molar-refractivity contribution in [3.63, 3.8) is 0 Å². The number of hydrogen-bond acceptors (Lipinski definition) is 3. The molecule has 3 aromatic carbocycles. The van der Waals surface area contributed by atoms with Gasteiger partial charge in [-0.3, -0.25) is 0 Å². The summed E-state index contributed by atoms with van der Waals surface area (Å²) in [5.74, 6) is 1.07. The summed E-state index contributed by atoms with van der Waals surface area (Å²) in [7, 11) is 8.27. The van der Waals surface area contributed by atoms with E-state index in [0.717, 1.165) is 73.0 Å². The Morgan fingerprint density at radius 1 is 0.804 bits per heavy atom. The van der Waals surface area contributed by atoms with Crippen LogP contribution in [-0.2, 0) is 0 Å². The first kappa shape index (κ1) is 34.5. The molecule has 2 aliphatic rings. The number of allylic oxidation sites excluding steroid dienone is 8. The van der Waals surface area contributed by atoms with Gasteiger partial charge in [0.05, 0.1) is 0 Å². The van der Waals surface area contributed by atoms with Crippen molar-refractivity contribution in [1.29, 1.82) is 0 Å². The fourth-order valence-corrected chi connectivity index (χ4v) is 7.31. The van der Waals surface area contributed by atoms with E-state index in [9.17, 15) is 0 Å². The molecule has 6 rings (SSSR count). The second-order valence-corrected chi connectivity index (χ2v) is 14.3. The van der Waals surface area contributed by atoms with Gasteiger partial charge in [0.15, 0.2) is 0 Å². The molecule has 4 nitrogen and oxygen atoms in total. The van der Waals surface area contributed by atoms with Crippen LogP contribution in [0, 0.1) is 13.8 Å². The molecule has 1 aromatic heterocycles. The van der Waals surface area contributed by atoms with Gasteiger partial charge < -0.3 is 9.32 Å². The standard InChI is InChI=1S/C39H40N2O2.CH3.2Pb/c1-26-20-27(2)22-32(21-26)39-29(11-10-28-18-19-42-37-23-33(40(3)4)14-16-35(28)37)8-7-9-30(39)12-13-31-25-43-38-24-34(41(5)6)15-17-36(31)38;;;/h10-18,20-25,42H,7-9H2,1-6H3;1H3;;/q+1;;;/b13-12+,28-10+,29-11+;;;. The number of aliphatic hydroxyl groups is 1. The van der Waals surface area contributed by atoms with E-state index < -0.39 is 0 Å². The number of hydrogen-bond donors (Lipinski definition) is 0. The topological polar surface area (TPSA) is 32.4 Å². The van der Waals surface area contributed by atoms with Crippen LogP contribution in [0.25, 0.3) is 28.2 Å². The van der Waals surface area contributed by atoms with Crippen LogP contribution in [0.1, 0.15) is 47.1 Å². The first-order valence-corrected chi connectivity index (χ1v) is 21.6. The number of rotatable bonds is 6. The number of aryl methyl sites for hydroxylation is 2. The van der Waals surface area contributed by atoms with E-state index in [-0.39, 0.29) is 0 Å². The van der Waals surface area contributed by atoms with E-state index in [1.807, 2.05) is 6.26 Å². The summed E-state index contributed by atoms with van der Waals surface area (Å²) in [4.78, 5) is 4.24. The van der Waals surface area contributed by atoms with Gasteiger partial charge >= 0.3 is 256 Å². The zero-order valence-corrected chi connectivity index (χ0v) is 35.8. The molecule has 1 aliphatic heterocycles. The summed E-state index contributed by atoms with van der Waals surface area (Å²) in [6, 6.07) is 20.0. The molecule has 0 saturated carbocycles. The number of anilines is 2. The molecule has 6 heteroatoms. The van der Waals surface area contributed by atoms with Crippen molar-refractivity contribution < 1.29 is 9.15 Å². The molecule has 0 bridgehead atoms. The van der Waals surface area contributed by atoms with Crippen molar-refractivity contribution in [2.45, 2.75) is 37.6 Å². The summed E-state index contributed by atoms with van der Waals surface area (Å²) < 4.78 is 14.2. The quantitative estimate of drug-likeness (QED) is 0.143. The molecule has 4 aromatic rings. The van der Waals surface area contributed by atoms with Gasteiger partial charge in [-0.1, -0.05) is 0 Å². The summed E-state index contributed by atoms with van der Waals surface area (Å²) >= 11 is 2.22. The second-order valence-electron chi connectivity index (χ2n) is 12.3. The molecule has 1 aliphatic carbocycles. The average molecular weight is 998 g/mol. The Labute approximate surface area is 306 Å². The van der Waals surface area contributed by atoms with Gasteiger partial charge in [-0.15, -0.1) is 0 Å². The number of ether oxygens (including phenoxy) is 1. The summed E-state index contributed by atoms with van der Waals surface area (Å²) in [5.41, 5.74) is 14.8. The zero-order chi connectivity index (χ0) is 33.0. The Hall–Kier alpha value is -2.86. The van der Waals surface area contributed by atoms with Crippen molar-refractivity contribution in [3.8, 4) is 5.75 Å². The maximum atomic E-state index is 5.98. The number of fused-ring (bicyclic) bond motifs is 2. The SMILES string of the molecule is Cc1cc(C)cc(C2=C(/C=C/c3coc4cc(N(C)C)ccc34)CCC/C2=C\C=C2/C=[C]([Pb])[OH+]c3cc(N(C)C)ccc32)c1.[CH3][Pb]. The molecule has 0 atom stereocenters. The van der Waals surface area contributed by atoms with E-state index in [2.05, 4.69) is 141 Å². The molecule has 6 radical (unpaired) electrons. The van der Waals surface area contributed by atoms with Gasteiger partial charge in [0.2, 0.25) is 0 Å². The molecular weight excluding hydrogens is 955 g/mol. The third kappa shape index (κ3) is 7.81. The average Bonchev–Trinajstić information content (AvgIpc) is 3.44. The van der Waals surface area contributed by atoms with E-state index in [1.54, 1.807) is 0 Å². The molecular formula is C40H43N2O2Pb2+. The van der Waals surface area contributed by atoms with Crippen molar-refractivity contribution in [2.75, 3.05) is 38.0 Å². The van der Waals surface area contributed by atoms with Crippen molar-refractivity contribution in [1.82, 2.24) is 0 Å². The second kappa shape index (κ2) is 15.4. The van der Waals surface area contributed by atoms with Gasteiger partial charge in [-0.25, -0.2) is 0 Å². The van der Waals surface area contributed by atoms with E-state index in [4.69, 9.17) is 9.15 Å². The minimum atomic E-state index is 0.912.